The van der Waals surface area contributed by atoms with Crippen molar-refractivity contribution in [3.63, 3.8) is 0 Å². The van der Waals surface area contributed by atoms with Crippen molar-refractivity contribution in [2.45, 2.75) is 13.0 Å². The molecule has 4 nitrogen and oxygen atoms in total. The minimum absolute atomic E-state index is 0.111. The summed E-state index contributed by atoms with van der Waals surface area (Å²) in [7, 11) is 0. The summed E-state index contributed by atoms with van der Waals surface area (Å²) in [5.74, 6) is 1.08. The first-order chi connectivity index (χ1) is 13.2. The summed E-state index contributed by atoms with van der Waals surface area (Å²) in [4.78, 5) is 8.71. The van der Waals surface area contributed by atoms with Gasteiger partial charge in [-0.05, 0) is 48.9 Å². The van der Waals surface area contributed by atoms with Crippen molar-refractivity contribution in [1.82, 2.24) is 9.97 Å². The third-order valence-electron chi connectivity index (χ3n) is 4.37. The molecule has 2 aromatic carbocycles. The number of hydrogen-bond acceptors (Lipinski definition) is 4. The smallest absolute Gasteiger partial charge is 0.182 e. The van der Waals surface area contributed by atoms with Gasteiger partial charge in [0.15, 0.2) is 12.2 Å². The van der Waals surface area contributed by atoms with E-state index in [1.54, 1.807) is 18.3 Å². The number of pyridine rings is 1. The minimum Gasteiger partial charge on any atom is -0.443 e. The second kappa shape index (κ2) is 7.41. The predicted molar refractivity (Wildman–Crippen MR) is 104 cm³/mol. The summed E-state index contributed by atoms with van der Waals surface area (Å²) in [6.45, 7) is 2.09. The number of oxazole rings is 1. The number of anilines is 1. The SMILES string of the molecule is C[C@H](Nc1cc(-c2ocnc2-c2ccc(F)cc2)ccn1)c1ccccc1. The summed E-state index contributed by atoms with van der Waals surface area (Å²) in [6, 6.07) is 20.3. The third-order valence-corrected chi connectivity index (χ3v) is 4.37. The van der Waals surface area contributed by atoms with Crippen molar-refractivity contribution in [3.8, 4) is 22.6 Å². The highest BCUT2D eigenvalue weighted by Gasteiger charge is 2.14. The maximum atomic E-state index is 13.2. The molecule has 0 radical (unpaired) electrons. The average molecular weight is 359 g/mol. The maximum absolute atomic E-state index is 13.2. The van der Waals surface area contributed by atoms with Crippen LogP contribution in [0.5, 0.6) is 0 Å². The average Bonchev–Trinajstić information content (AvgIpc) is 3.19. The largest absolute Gasteiger partial charge is 0.443 e. The third kappa shape index (κ3) is 3.72. The Labute approximate surface area is 156 Å². The van der Waals surface area contributed by atoms with Crippen LogP contribution in [0.3, 0.4) is 0 Å². The van der Waals surface area contributed by atoms with Crippen LogP contribution in [-0.2, 0) is 0 Å². The van der Waals surface area contributed by atoms with E-state index in [1.807, 2.05) is 30.3 Å². The Kier molecular flexibility index (Phi) is 4.66. The second-order valence-electron chi connectivity index (χ2n) is 6.24. The van der Waals surface area contributed by atoms with Crippen LogP contribution >= 0.6 is 0 Å². The fourth-order valence-corrected chi connectivity index (χ4v) is 2.96. The zero-order valence-electron chi connectivity index (χ0n) is 14.8. The Balaban J connectivity index is 1.62. The lowest BCUT2D eigenvalue weighted by Crippen LogP contribution is -2.07. The van der Waals surface area contributed by atoms with Gasteiger partial charge in [0.1, 0.15) is 17.3 Å². The van der Waals surface area contributed by atoms with Crippen LogP contribution < -0.4 is 5.32 Å². The zero-order chi connectivity index (χ0) is 18.6. The molecule has 1 N–H and O–H groups in total. The van der Waals surface area contributed by atoms with Gasteiger partial charge in [0, 0.05) is 23.4 Å². The van der Waals surface area contributed by atoms with Crippen molar-refractivity contribution in [1.29, 1.82) is 0 Å². The second-order valence-corrected chi connectivity index (χ2v) is 6.24. The molecule has 1 atom stereocenters. The quantitative estimate of drug-likeness (QED) is 0.495. The monoisotopic (exact) mass is 359 g/mol. The summed E-state index contributed by atoms with van der Waals surface area (Å²) in [5.41, 5.74) is 3.49. The van der Waals surface area contributed by atoms with Gasteiger partial charge < -0.3 is 9.73 Å². The van der Waals surface area contributed by atoms with Gasteiger partial charge in [0.25, 0.3) is 0 Å². The Morgan fingerprint density at radius 1 is 0.926 bits per heavy atom. The first kappa shape index (κ1) is 17.0. The summed E-state index contributed by atoms with van der Waals surface area (Å²) < 4.78 is 18.8. The molecule has 0 amide bonds. The van der Waals surface area contributed by atoms with E-state index in [1.165, 1.54) is 24.1 Å². The van der Waals surface area contributed by atoms with Crippen LogP contribution in [0.15, 0.2) is 83.7 Å². The van der Waals surface area contributed by atoms with Gasteiger partial charge >= 0.3 is 0 Å². The molecule has 0 unspecified atom stereocenters. The number of hydrogen-bond donors (Lipinski definition) is 1. The number of nitrogens with zero attached hydrogens (tertiary/aromatic N) is 2. The van der Waals surface area contributed by atoms with E-state index in [0.29, 0.717) is 11.5 Å². The van der Waals surface area contributed by atoms with Crippen LogP contribution in [0.1, 0.15) is 18.5 Å². The molecule has 2 heterocycles. The van der Waals surface area contributed by atoms with Gasteiger partial charge in [0.05, 0.1) is 0 Å². The molecule has 0 bridgehead atoms. The molecule has 0 aliphatic heterocycles. The zero-order valence-corrected chi connectivity index (χ0v) is 14.8. The molecule has 134 valence electrons. The molecular weight excluding hydrogens is 341 g/mol. The topological polar surface area (TPSA) is 51.0 Å². The molecule has 0 spiro atoms. The molecule has 0 saturated heterocycles. The van der Waals surface area contributed by atoms with E-state index in [0.717, 1.165) is 16.9 Å². The van der Waals surface area contributed by atoms with Crippen LogP contribution in [-0.4, -0.2) is 9.97 Å². The molecule has 2 aromatic heterocycles. The summed E-state index contributed by atoms with van der Waals surface area (Å²) in [6.07, 6.45) is 3.13. The lowest BCUT2D eigenvalue weighted by Gasteiger charge is -2.15. The van der Waals surface area contributed by atoms with Crippen molar-refractivity contribution in [2.24, 2.45) is 0 Å². The fraction of sp³-hybridized carbons (Fsp3) is 0.0909. The minimum atomic E-state index is -0.283. The predicted octanol–water partition coefficient (Wildman–Crippen LogP) is 5.72. The molecule has 0 fully saturated rings. The van der Waals surface area contributed by atoms with E-state index in [9.17, 15) is 4.39 Å². The Morgan fingerprint density at radius 2 is 1.70 bits per heavy atom. The van der Waals surface area contributed by atoms with Crippen molar-refractivity contribution in [3.05, 3.63) is 90.7 Å². The highest BCUT2D eigenvalue weighted by molar-refractivity contribution is 5.77. The van der Waals surface area contributed by atoms with Gasteiger partial charge in [-0.15, -0.1) is 0 Å². The standard InChI is InChI=1S/C22H18FN3O/c1-15(16-5-3-2-4-6-16)26-20-13-18(11-12-24-20)22-21(25-14-27-22)17-7-9-19(23)10-8-17/h2-15H,1H3,(H,24,26)/t15-/m0/s1. The Morgan fingerprint density at radius 3 is 2.48 bits per heavy atom. The van der Waals surface area contributed by atoms with Crippen LogP contribution in [0, 0.1) is 5.82 Å². The van der Waals surface area contributed by atoms with Crippen molar-refractivity contribution < 1.29 is 8.81 Å². The van der Waals surface area contributed by atoms with Crippen molar-refractivity contribution >= 4 is 5.82 Å². The van der Waals surface area contributed by atoms with E-state index < -0.39 is 0 Å². The van der Waals surface area contributed by atoms with Gasteiger partial charge in [-0.2, -0.15) is 0 Å². The lowest BCUT2D eigenvalue weighted by atomic mass is 10.1. The van der Waals surface area contributed by atoms with Gasteiger partial charge in [-0.3, -0.25) is 0 Å². The molecule has 0 aliphatic rings. The van der Waals surface area contributed by atoms with E-state index in [-0.39, 0.29) is 11.9 Å². The molecule has 27 heavy (non-hydrogen) atoms. The summed E-state index contributed by atoms with van der Waals surface area (Å²) in [5, 5.41) is 3.40. The number of aromatic nitrogens is 2. The molecule has 0 saturated carbocycles. The van der Waals surface area contributed by atoms with Crippen molar-refractivity contribution in [2.75, 3.05) is 5.32 Å². The first-order valence-electron chi connectivity index (χ1n) is 8.68. The molecule has 5 heteroatoms. The van der Waals surface area contributed by atoms with E-state index >= 15 is 0 Å². The molecule has 4 rings (SSSR count). The highest BCUT2D eigenvalue weighted by atomic mass is 19.1. The fourth-order valence-electron chi connectivity index (χ4n) is 2.96. The van der Waals surface area contributed by atoms with Crippen LogP contribution in [0.2, 0.25) is 0 Å². The summed E-state index contributed by atoms with van der Waals surface area (Å²) >= 11 is 0. The number of rotatable bonds is 5. The normalized spacial score (nSPS) is 11.9. The highest BCUT2D eigenvalue weighted by Crippen LogP contribution is 2.32. The number of nitrogens with one attached hydrogen (secondary N) is 1. The van der Waals surface area contributed by atoms with E-state index in [4.69, 9.17) is 4.42 Å². The van der Waals surface area contributed by atoms with Gasteiger partial charge in [-0.25, -0.2) is 14.4 Å². The molecule has 4 aromatic rings. The maximum Gasteiger partial charge on any atom is 0.182 e. The van der Waals surface area contributed by atoms with E-state index in [2.05, 4.69) is 34.3 Å². The first-order valence-corrected chi connectivity index (χ1v) is 8.68. The molecule has 0 aliphatic carbocycles. The van der Waals surface area contributed by atoms with Gasteiger partial charge in [-0.1, -0.05) is 30.3 Å². The Hall–Kier alpha value is -3.47. The van der Waals surface area contributed by atoms with Crippen LogP contribution in [0.25, 0.3) is 22.6 Å². The number of benzene rings is 2. The number of halogens is 1. The van der Waals surface area contributed by atoms with Crippen LogP contribution in [0.4, 0.5) is 10.2 Å². The van der Waals surface area contributed by atoms with Gasteiger partial charge in [0.2, 0.25) is 0 Å². The molecular formula is C22H18FN3O. The lowest BCUT2D eigenvalue weighted by molar-refractivity contribution is 0.572. The Bertz CT molecular complexity index is 1030.